The molecule has 98 valence electrons. The van der Waals surface area contributed by atoms with Crippen molar-refractivity contribution >= 4 is 0 Å². The minimum Gasteiger partial charge on any atom is -0.381 e. The minimum atomic E-state index is 0.745. The molecule has 0 saturated heterocycles. The average molecular weight is 229 g/mol. The molecule has 0 aromatic carbocycles. The number of nitrogens with two attached hydrogens (primary N) is 1. The van der Waals surface area contributed by atoms with Crippen molar-refractivity contribution in [1.29, 1.82) is 0 Å². The highest BCUT2D eigenvalue weighted by atomic mass is 16.5. The van der Waals surface area contributed by atoms with Crippen molar-refractivity contribution in [2.24, 2.45) is 11.7 Å². The number of unbranched alkanes of at least 4 members (excludes halogenated alkanes) is 3. The molecule has 0 unspecified atom stereocenters. The van der Waals surface area contributed by atoms with Crippen LogP contribution in [0.15, 0.2) is 0 Å². The van der Waals surface area contributed by atoms with Crippen LogP contribution in [0.3, 0.4) is 0 Å². The number of ether oxygens (including phenoxy) is 1. The van der Waals surface area contributed by atoms with Crippen LogP contribution >= 0.6 is 0 Å². The van der Waals surface area contributed by atoms with Gasteiger partial charge in [0.1, 0.15) is 0 Å². The van der Waals surface area contributed by atoms with Gasteiger partial charge in [0.15, 0.2) is 0 Å². The normalized spacial score (nSPS) is 11.2. The number of rotatable bonds is 12. The van der Waals surface area contributed by atoms with Crippen molar-refractivity contribution in [2.45, 2.75) is 65.2 Å². The lowest BCUT2D eigenvalue weighted by atomic mass is 9.96. The summed E-state index contributed by atoms with van der Waals surface area (Å²) in [7, 11) is 0. The van der Waals surface area contributed by atoms with Gasteiger partial charge in [-0.05, 0) is 25.3 Å². The predicted molar refractivity (Wildman–Crippen MR) is 71.6 cm³/mol. The fraction of sp³-hybridized carbons (Fsp3) is 1.00. The van der Waals surface area contributed by atoms with Crippen LogP contribution in [-0.4, -0.2) is 19.8 Å². The first-order chi connectivity index (χ1) is 7.85. The Morgan fingerprint density at radius 1 is 0.875 bits per heavy atom. The van der Waals surface area contributed by atoms with Gasteiger partial charge in [0, 0.05) is 13.2 Å². The predicted octanol–water partition coefficient (Wildman–Crippen LogP) is 3.74. The second kappa shape index (κ2) is 13.0. The van der Waals surface area contributed by atoms with Gasteiger partial charge in [0.25, 0.3) is 0 Å². The standard InChI is InChI=1S/C14H31NO/c1-3-14(4-2)10-7-5-6-8-12-16-13-9-11-15/h14H,3-13,15H2,1-2H3. The fourth-order valence-corrected chi connectivity index (χ4v) is 1.98. The summed E-state index contributed by atoms with van der Waals surface area (Å²) in [5, 5.41) is 0. The lowest BCUT2D eigenvalue weighted by Crippen LogP contribution is -2.05. The maximum Gasteiger partial charge on any atom is 0.0478 e. The molecule has 0 bridgehead atoms. The Labute approximate surface area is 102 Å². The summed E-state index contributed by atoms with van der Waals surface area (Å²) in [5.41, 5.74) is 5.38. The molecule has 0 spiro atoms. The van der Waals surface area contributed by atoms with Gasteiger partial charge in [-0.2, -0.15) is 0 Å². The summed E-state index contributed by atoms with van der Waals surface area (Å²) in [6.45, 7) is 7.11. The van der Waals surface area contributed by atoms with Gasteiger partial charge in [0.05, 0.1) is 0 Å². The van der Waals surface area contributed by atoms with E-state index in [0.29, 0.717) is 0 Å². The smallest absolute Gasteiger partial charge is 0.0478 e. The SMILES string of the molecule is CCC(CC)CCCCCCOCCCN. The van der Waals surface area contributed by atoms with E-state index in [1.807, 2.05) is 0 Å². The highest BCUT2D eigenvalue weighted by Gasteiger charge is 2.02. The van der Waals surface area contributed by atoms with Crippen LogP contribution in [0.1, 0.15) is 65.2 Å². The summed E-state index contributed by atoms with van der Waals surface area (Å²) in [4.78, 5) is 0. The maximum atomic E-state index is 5.46. The van der Waals surface area contributed by atoms with Crippen molar-refractivity contribution in [3.63, 3.8) is 0 Å². The Bertz CT molecular complexity index is 124. The third-order valence-electron chi connectivity index (χ3n) is 3.30. The van der Waals surface area contributed by atoms with Crippen LogP contribution < -0.4 is 5.73 Å². The number of hydrogen-bond acceptors (Lipinski definition) is 2. The van der Waals surface area contributed by atoms with Gasteiger partial charge < -0.3 is 10.5 Å². The van der Waals surface area contributed by atoms with Gasteiger partial charge in [0.2, 0.25) is 0 Å². The highest BCUT2D eigenvalue weighted by molar-refractivity contribution is 4.55. The second-order valence-corrected chi connectivity index (χ2v) is 4.64. The van der Waals surface area contributed by atoms with Crippen molar-refractivity contribution in [2.75, 3.05) is 19.8 Å². The van der Waals surface area contributed by atoms with Gasteiger partial charge in [-0.15, -0.1) is 0 Å². The molecule has 0 amide bonds. The van der Waals surface area contributed by atoms with Crippen LogP contribution in [0.25, 0.3) is 0 Å². The van der Waals surface area contributed by atoms with Gasteiger partial charge in [-0.25, -0.2) is 0 Å². The highest BCUT2D eigenvalue weighted by Crippen LogP contribution is 2.16. The Morgan fingerprint density at radius 2 is 1.50 bits per heavy atom. The zero-order chi connectivity index (χ0) is 12.1. The van der Waals surface area contributed by atoms with Crippen molar-refractivity contribution in [3.05, 3.63) is 0 Å². The third kappa shape index (κ3) is 10.4. The lowest BCUT2D eigenvalue weighted by Gasteiger charge is -2.11. The molecule has 0 aromatic rings. The molecule has 0 fully saturated rings. The molecule has 0 heterocycles. The summed E-state index contributed by atoms with van der Waals surface area (Å²) < 4.78 is 5.46. The Balaban J connectivity index is 3.03. The zero-order valence-electron chi connectivity index (χ0n) is 11.3. The van der Waals surface area contributed by atoms with E-state index in [-0.39, 0.29) is 0 Å². The van der Waals surface area contributed by atoms with E-state index in [9.17, 15) is 0 Å². The summed E-state index contributed by atoms with van der Waals surface area (Å²) in [6.07, 6.45) is 10.4. The van der Waals surface area contributed by atoms with E-state index in [2.05, 4.69) is 13.8 Å². The third-order valence-corrected chi connectivity index (χ3v) is 3.30. The number of hydrogen-bond donors (Lipinski definition) is 1. The topological polar surface area (TPSA) is 35.2 Å². The molecule has 2 nitrogen and oxygen atoms in total. The monoisotopic (exact) mass is 229 g/mol. The van der Waals surface area contributed by atoms with Crippen LogP contribution in [0, 0.1) is 5.92 Å². The molecule has 2 N–H and O–H groups in total. The van der Waals surface area contributed by atoms with Crippen LogP contribution in [0.5, 0.6) is 0 Å². The van der Waals surface area contributed by atoms with E-state index in [1.165, 1.54) is 44.9 Å². The molecule has 2 heteroatoms. The van der Waals surface area contributed by atoms with Gasteiger partial charge >= 0.3 is 0 Å². The zero-order valence-corrected chi connectivity index (χ0v) is 11.3. The molecule has 0 rings (SSSR count). The molecule has 0 atom stereocenters. The molecule has 0 aromatic heterocycles. The van der Waals surface area contributed by atoms with E-state index in [0.717, 1.165) is 32.1 Å². The maximum absolute atomic E-state index is 5.46. The summed E-state index contributed by atoms with van der Waals surface area (Å²) in [6, 6.07) is 0. The molecule has 0 aliphatic heterocycles. The Kier molecular flexibility index (Phi) is 12.9. The van der Waals surface area contributed by atoms with E-state index in [1.54, 1.807) is 0 Å². The van der Waals surface area contributed by atoms with Crippen molar-refractivity contribution in [1.82, 2.24) is 0 Å². The van der Waals surface area contributed by atoms with Crippen LogP contribution in [-0.2, 0) is 4.74 Å². The van der Waals surface area contributed by atoms with E-state index >= 15 is 0 Å². The molecule has 0 aliphatic carbocycles. The quantitative estimate of drug-likeness (QED) is 0.517. The Hall–Kier alpha value is -0.0800. The fourth-order valence-electron chi connectivity index (χ4n) is 1.98. The Morgan fingerprint density at radius 3 is 2.12 bits per heavy atom. The average Bonchev–Trinajstić information content (AvgIpc) is 2.32. The lowest BCUT2D eigenvalue weighted by molar-refractivity contribution is 0.129. The van der Waals surface area contributed by atoms with Gasteiger partial charge in [-0.1, -0.05) is 52.4 Å². The van der Waals surface area contributed by atoms with Crippen LogP contribution in [0.4, 0.5) is 0 Å². The first-order valence-electron chi connectivity index (χ1n) is 7.12. The van der Waals surface area contributed by atoms with E-state index in [4.69, 9.17) is 10.5 Å². The van der Waals surface area contributed by atoms with Crippen molar-refractivity contribution in [3.8, 4) is 0 Å². The summed E-state index contributed by atoms with van der Waals surface area (Å²) >= 11 is 0. The first-order valence-corrected chi connectivity index (χ1v) is 7.12. The van der Waals surface area contributed by atoms with Gasteiger partial charge in [-0.3, -0.25) is 0 Å². The van der Waals surface area contributed by atoms with E-state index < -0.39 is 0 Å². The van der Waals surface area contributed by atoms with Crippen molar-refractivity contribution < 1.29 is 4.74 Å². The molecule has 0 aliphatic rings. The molecular weight excluding hydrogens is 198 g/mol. The molecule has 0 radical (unpaired) electrons. The molecule has 16 heavy (non-hydrogen) atoms. The molecular formula is C14H31NO. The first kappa shape index (κ1) is 15.9. The second-order valence-electron chi connectivity index (χ2n) is 4.64. The van der Waals surface area contributed by atoms with Crippen LogP contribution in [0.2, 0.25) is 0 Å². The minimum absolute atomic E-state index is 0.745. The summed E-state index contributed by atoms with van der Waals surface area (Å²) in [5.74, 6) is 0.959. The largest absolute Gasteiger partial charge is 0.381 e. The molecule has 0 saturated carbocycles.